The molecular weight excluding hydrogens is 74.0 g/mol. The van der Waals surface area contributed by atoms with Gasteiger partial charge in [-0.2, -0.15) is 0 Å². The molecule has 0 aromatic carbocycles. The first-order chi connectivity index (χ1) is 1.91. The molecule has 0 aromatic heterocycles. The van der Waals surface area contributed by atoms with Crippen molar-refractivity contribution in [3.05, 3.63) is 0 Å². The van der Waals surface area contributed by atoms with Crippen molar-refractivity contribution in [3.8, 4) is 0 Å². The monoisotopic (exact) mass is 79.0 g/mol. The van der Waals surface area contributed by atoms with Gasteiger partial charge in [-0.15, -0.1) is 0 Å². The molecule has 0 unspecified atom stereocenters. The number of hydrogen-bond acceptors (Lipinski definition) is 3. The zero-order valence-corrected chi connectivity index (χ0v) is 2.50. The summed E-state index contributed by atoms with van der Waals surface area (Å²) in [5.74, 6) is 0. The molecule has 0 saturated carbocycles. The third kappa shape index (κ3) is 166. The van der Waals surface area contributed by atoms with Crippen LogP contribution in [0.3, 0.4) is 0 Å². The highest BCUT2D eigenvalue weighted by Crippen LogP contribution is 1.46. The van der Waals surface area contributed by atoms with E-state index in [-0.39, 0.29) is 6.15 Å². The number of hydrogen-bond donors (Lipinski definition) is 3. The Labute approximate surface area is 28.5 Å². The van der Waals surface area contributed by atoms with Crippen molar-refractivity contribution in [2.75, 3.05) is 0 Å². The van der Waals surface area contributed by atoms with Crippen LogP contribution >= 0.6 is 0 Å². The van der Waals surface area contributed by atoms with Gasteiger partial charge in [-0.25, -0.2) is 0 Å². The minimum absolute atomic E-state index is 0. The van der Waals surface area contributed by atoms with Crippen LogP contribution in [0.25, 0.3) is 0 Å². The summed E-state index contributed by atoms with van der Waals surface area (Å²) in [7, 11) is 0. The van der Waals surface area contributed by atoms with Crippen molar-refractivity contribution in [1.82, 2.24) is 6.15 Å². The van der Waals surface area contributed by atoms with Crippen LogP contribution in [0, 0.1) is 0 Å². The molecule has 5 N–H and O–H groups in total. The Hall–Kier alpha value is -0.840. The molecular formula is H5N3O2. The lowest BCUT2D eigenvalue weighted by molar-refractivity contribution is 0.177. The fourth-order valence-corrected chi connectivity index (χ4v) is 0. The van der Waals surface area contributed by atoms with E-state index in [1.54, 1.807) is 0 Å². The van der Waals surface area contributed by atoms with Crippen LogP contribution in [0.4, 0.5) is 0 Å². The van der Waals surface area contributed by atoms with Crippen LogP contribution in [0.5, 0.6) is 0 Å². The van der Waals surface area contributed by atoms with Gasteiger partial charge in [0.25, 0.3) is 0 Å². The lowest BCUT2D eigenvalue weighted by Gasteiger charge is -1.53. The first-order valence-corrected chi connectivity index (χ1v) is 0.600. The SMILES string of the molecule is N.ON=NO. The summed E-state index contributed by atoms with van der Waals surface area (Å²) in [5.41, 5.74) is 0. The topological polar surface area (TPSA) is 100 Å². The molecule has 5 heteroatoms. The minimum Gasteiger partial charge on any atom is -0.392 e. The van der Waals surface area contributed by atoms with Gasteiger partial charge in [-0.3, -0.25) is 0 Å². The van der Waals surface area contributed by atoms with Crippen molar-refractivity contribution in [2.45, 2.75) is 0 Å². The maximum Gasteiger partial charge on any atom is 0.0606 e. The molecule has 32 valence electrons. The summed E-state index contributed by atoms with van der Waals surface area (Å²) in [6, 6.07) is 0. The lowest BCUT2D eigenvalue weighted by atomic mass is 13.0. The summed E-state index contributed by atoms with van der Waals surface area (Å²) in [6.07, 6.45) is 0. The third-order valence-electron chi connectivity index (χ3n) is 0.0400. The van der Waals surface area contributed by atoms with Crippen molar-refractivity contribution in [3.63, 3.8) is 0 Å². The Kier molecular flexibility index (Phi) is 19.5. The van der Waals surface area contributed by atoms with Crippen molar-refractivity contribution in [1.29, 1.82) is 0 Å². The Morgan fingerprint density at radius 3 is 1.20 bits per heavy atom. The second-order valence-corrected chi connectivity index (χ2v) is 0.179. The van der Waals surface area contributed by atoms with E-state index in [1.165, 1.54) is 0 Å². The molecule has 0 aliphatic rings. The summed E-state index contributed by atoms with van der Waals surface area (Å²) in [5, 5.41) is 18.0. The van der Waals surface area contributed by atoms with E-state index in [9.17, 15) is 0 Å². The number of nitrogens with zero attached hydrogens (tertiary/aromatic N) is 2. The van der Waals surface area contributed by atoms with Gasteiger partial charge in [0, 0.05) is 0 Å². The summed E-state index contributed by atoms with van der Waals surface area (Å²) in [4.78, 5) is 0. The Morgan fingerprint density at radius 2 is 1.20 bits per heavy atom. The largest absolute Gasteiger partial charge is 0.392 e. The van der Waals surface area contributed by atoms with Crippen LogP contribution in [0.15, 0.2) is 10.6 Å². The average Bonchev–Trinajstić information content (AvgIpc) is 1.37. The van der Waals surface area contributed by atoms with Gasteiger partial charge in [0.15, 0.2) is 0 Å². The van der Waals surface area contributed by atoms with Gasteiger partial charge in [0.1, 0.15) is 0 Å². The van der Waals surface area contributed by atoms with Gasteiger partial charge >= 0.3 is 0 Å². The highest BCUT2D eigenvalue weighted by Gasteiger charge is 1.34. The van der Waals surface area contributed by atoms with E-state index in [0.717, 1.165) is 0 Å². The Morgan fingerprint density at radius 1 is 1.00 bits per heavy atom. The van der Waals surface area contributed by atoms with Crippen LogP contribution in [-0.4, -0.2) is 10.4 Å². The van der Waals surface area contributed by atoms with Crippen molar-refractivity contribution in [2.24, 2.45) is 10.6 Å². The third-order valence-corrected chi connectivity index (χ3v) is 0.0400. The first-order valence-electron chi connectivity index (χ1n) is 0.600. The van der Waals surface area contributed by atoms with Gasteiger partial charge in [-0.1, -0.05) is 0 Å². The van der Waals surface area contributed by atoms with Crippen LogP contribution in [-0.2, 0) is 0 Å². The van der Waals surface area contributed by atoms with E-state index in [2.05, 4.69) is 0 Å². The smallest absolute Gasteiger partial charge is 0.0606 e. The van der Waals surface area contributed by atoms with Crippen molar-refractivity contribution < 1.29 is 10.4 Å². The Balaban J connectivity index is 0. The first kappa shape index (κ1) is 8.90. The van der Waals surface area contributed by atoms with Crippen molar-refractivity contribution >= 4 is 0 Å². The molecule has 0 amide bonds. The second-order valence-electron chi connectivity index (χ2n) is 0.179. The molecule has 0 saturated heterocycles. The molecule has 0 bridgehead atoms. The molecule has 0 fully saturated rings. The molecule has 0 aliphatic heterocycles. The lowest BCUT2D eigenvalue weighted by Crippen LogP contribution is -1.41. The van der Waals surface area contributed by atoms with Crippen LogP contribution < -0.4 is 6.15 Å². The molecule has 0 aliphatic carbocycles. The van der Waals surface area contributed by atoms with Gasteiger partial charge in [-0.05, 0) is 0 Å². The second kappa shape index (κ2) is 11.0. The zero-order chi connectivity index (χ0) is 3.41. The van der Waals surface area contributed by atoms with Crippen LogP contribution in [0.2, 0.25) is 0 Å². The normalized spacial score (nSPS) is 7.20. The average molecular weight is 79.1 g/mol. The molecule has 0 rings (SSSR count). The predicted molar refractivity (Wildman–Crippen MR) is 13.5 cm³/mol. The van der Waals surface area contributed by atoms with Gasteiger partial charge < -0.3 is 16.6 Å². The summed E-state index contributed by atoms with van der Waals surface area (Å²) in [6.45, 7) is 0. The molecule has 0 atom stereocenters. The zero-order valence-electron chi connectivity index (χ0n) is 2.50. The standard InChI is InChI=1S/H2N2O2.H3N/c3-1-2-4;/h(H,1,4)(H,2,3);1H3. The highest BCUT2D eigenvalue weighted by atomic mass is 16.5. The van der Waals surface area contributed by atoms with E-state index >= 15 is 0 Å². The summed E-state index contributed by atoms with van der Waals surface area (Å²) >= 11 is 0. The quantitative estimate of drug-likeness (QED) is 0.289. The predicted octanol–water partition coefficient (Wildman–Crippen LogP) is 0.379. The van der Waals surface area contributed by atoms with Gasteiger partial charge in [0.2, 0.25) is 0 Å². The molecule has 5 heavy (non-hydrogen) atoms. The van der Waals surface area contributed by atoms with E-state index in [0.29, 0.717) is 0 Å². The van der Waals surface area contributed by atoms with E-state index in [4.69, 9.17) is 10.4 Å². The molecule has 0 spiro atoms. The van der Waals surface area contributed by atoms with Gasteiger partial charge in [0.05, 0.1) is 10.6 Å². The Bertz CT molecular complexity index is 20.1. The maximum atomic E-state index is 7.08. The fraction of sp³-hybridized carbons (Fsp3) is 0. The maximum absolute atomic E-state index is 7.08. The van der Waals surface area contributed by atoms with E-state index < -0.39 is 0 Å². The molecule has 0 aromatic rings. The van der Waals surface area contributed by atoms with E-state index in [1.807, 2.05) is 10.6 Å². The molecule has 0 radical (unpaired) electrons. The summed E-state index contributed by atoms with van der Waals surface area (Å²) < 4.78 is 0. The number of rotatable bonds is 0. The van der Waals surface area contributed by atoms with Crippen LogP contribution in [0.1, 0.15) is 0 Å². The highest BCUT2D eigenvalue weighted by molar-refractivity contribution is 3.51. The fourth-order valence-electron chi connectivity index (χ4n) is 0. The minimum atomic E-state index is 0. The molecule has 0 heterocycles. The molecule has 5 nitrogen and oxygen atoms in total.